The Morgan fingerprint density at radius 2 is 1.61 bits per heavy atom. The molecular formula is C14H14F2N2. The van der Waals surface area contributed by atoms with Gasteiger partial charge in [0.2, 0.25) is 0 Å². The van der Waals surface area contributed by atoms with Gasteiger partial charge in [0.25, 0.3) is 0 Å². The summed E-state index contributed by atoms with van der Waals surface area (Å²) >= 11 is 0. The maximum Gasteiger partial charge on any atom is 0.125 e. The molecule has 0 radical (unpaired) electrons. The van der Waals surface area contributed by atoms with E-state index in [1.54, 1.807) is 12.1 Å². The Labute approximate surface area is 105 Å². The van der Waals surface area contributed by atoms with Crippen LogP contribution in [0.3, 0.4) is 0 Å². The molecule has 0 aliphatic carbocycles. The molecule has 0 aliphatic heterocycles. The van der Waals surface area contributed by atoms with Crippen molar-refractivity contribution in [3.05, 3.63) is 59.7 Å². The molecule has 0 bridgehead atoms. The van der Waals surface area contributed by atoms with E-state index in [4.69, 9.17) is 5.73 Å². The summed E-state index contributed by atoms with van der Waals surface area (Å²) in [7, 11) is 1.81. The Balaban J connectivity index is 2.18. The first kappa shape index (κ1) is 12.4. The fourth-order valence-corrected chi connectivity index (χ4v) is 1.80. The van der Waals surface area contributed by atoms with Crippen molar-refractivity contribution in [2.24, 2.45) is 0 Å². The molecule has 0 amide bonds. The zero-order valence-electron chi connectivity index (χ0n) is 10.0. The molecule has 2 nitrogen and oxygen atoms in total. The first-order valence-electron chi connectivity index (χ1n) is 5.57. The van der Waals surface area contributed by atoms with Crippen LogP contribution in [0.5, 0.6) is 0 Å². The molecular weight excluding hydrogens is 234 g/mol. The van der Waals surface area contributed by atoms with Crippen LogP contribution in [0.15, 0.2) is 42.5 Å². The minimum atomic E-state index is -0.329. The number of anilines is 2. The van der Waals surface area contributed by atoms with Gasteiger partial charge < -0.3 is 10.6 Å². The molecule has 4 heteroatoms. The van der Waals surface area contributed by atoms with Crippen LogP contribution in [-0.2, 0) is 6.54 Å². The van der Waals surface area contributed by atoms with Crippen molar-refractivity contribution in [2.75, 3.05) is 17.7 Å². The van der Waals surface area contributed by atoms with Crippen LogP contribution in [0.4, 0.5) is 20.2 Å². The van der Waals surface area contributed by atoms with E-state index in [9.17, 15) is 8.78 Å². The van der Waals surface area contributed by atoms with Crippen molar-refractivity contribution in [3.63, 3.8) is 0 Å². The molecule has 2 aromatic carbocycles. The number of halogens is 2. The van der Waals surface area contributed by atoms with Gasteiger partial charge in [-0.25, -0.2) is 8.78 Å². The van der Waals surface area contributed by atoms with Crippen LogP contribution in [0.25, 0.3) is 0 Å². The highest BCUT2D eigenvalue weighted by Crippen LogP contribution is 2.24. The molecule has 0 unspecified atom stereocenters. The van der Waals surface area contributed by atoms with Crippen molar-refractivity contribution >= 4 is 11.4 Å². The fourth-order valence-electron chi connectivity index (χ4n) is 1.80. The monoisotopic (exact) mass is 248 g/mol. The van der Waals surface area contributed by atoms with Gasteiger partial charge in [0, 0.05) is 13.6 Å². The standard InChI is InChI=1S/C14H14F2N2/c1-18(9-10-2-4-11(15)5-3-10)14-8-12(16)6-7-13(14)17/h2-8H,9,17H2,1H3. The summed E-state index contributed by atoms with van der Waals surface area (Å²) in [5.41, 5.74) is 7.87. The third-order valence-corrected chi connectivity index (χ3v) is 2.74. The van der Waals surface area contributed by atoms with Crippen molar-refractivity contribution < 1.29 is 8.78 Å². The Bertz CT molecular complexity index is 538. The van der Waals surface area contributed by atoms with Gasteiger partial charge in [0.05, 0.1) is 11.4 Å². The lowest BCUT2D eigenvalue weighted by Crippen LogP contribution is -2.18. The molecule has 0 aromatic heterocycles. The van der Waals surface area contributed by atoms with Gasteiger partial charge in [0.1, 0.15) is 11.6 Å². The van der Waals surface area contributed by atoms with E-state index in [0.717, 1.165) is 5.56 Å². The molecule has 94 valence electrons. The number of rotatable bonds is 3. The molecule has 2 N–H and O–H groups in total. The maximum atomic E-state index is 13.2. The minimum Gasteiger partial charge on any atom is -0.397 e. The molecule has 0 fully saturated rings. The predicted molar refractivity (Wildman–Crippen MR) is 69.3 cm³/mol. The van der Waals surface area contributed by atoms with Gasteiger partial charge in [-0.3, -0.25) is 0 Å². The van der Waals surface area contributed by atoms with E-state index in [1.165, 1.54) is 30.3 Å². The second kappa shape index (κ2) is 5.04. The Morgan fingerprint density at radius 1 is 1.00 bits per heavy atom. The van der Waals surface area contributed by atoms with Crippen LogP contribution in [0, 0.1) is 11.6 Å². The zero-order valence-corrected chi connectivity index (χ0v) is 10.0. The van der Waals surface area contributed by atoms with Gasteiger partial charge in [-0.05, 0) is 35.9 Å². The van der Waals surface area contributed by atoms with Crippen molar-refractivity contribution in [2.45, 2.75) is 6.54 Å². The molecule has 0 saturated carbocycles. The lowest BCUT2D eigenvalue weighted by molar-refractivity contribution is 0.626. The van der Waals surface area contributed by atoms with Gasteiger partial charge in [-0.15, -0.1) is 0 Å². The van der Waals surface area contributed by atoms with Crippen molar-refractivity contribution in [1.82, 2.24) is 0 Å². The third-order valence-electron chi connectivity index (χ3n) is 2.74. The normalized spacial score (nSPS) is 10.4. The number of nitrogen functional groups attached to an aromatic ring is 1. The van der Waals surface area contributed by atoms with Gasteiger partial charge >= 0.3 is 0 Å². The Morgan fingerprint density at radius 3 is 2.28 bits per heavy atom. The van der Waals surface area contributed by atoms with Gasteiger partial charge in [-0.2, -0.15) is 0 Å². The topological polar surface area (TPSA) is 29.3 Å². The number of hydrogen-bond donors (Lipinski definition) is 1. The van der Waals surface area contributed by atoms with Gasteiger partial charge in [0.15, 0.2) is 0 Å². The highest BCUT2D eigenvalue weighted by Gasteiger charge is 2.07. The fraction of sp³-hybridized carbons (Fsp3) is 0.143. The van der Waals surface area contributed by atoms with Crippen LogP contribution < -0.4 is 10.6 Å². The van der Waals surface area contributed by atoms with E-state index < -0.39 is 0 Å². The van der Waals surface area contributed by atoms with E-state index in [1.807, 2.05) is 11.9 Å². The number of nitrogens with two attached hydrogens (primary N) is 1. The molecule has 0 spiro atoms. The van der Waals surface area contributed by atoms with E-state index in [-0.39, 0.29) is 11.6 Å². The van der Waals surface area contributed by atoms with Crippen LogP contribution in [-0.4, -0.2) is 7.05 Å². The zero-order chi connectivity index (χ0) is 13.1. The molecule has 0 atom stereocenters. The molecule has 0 saturated heterocycles. The first-order valence-corrected chi connectivity index (χ1v) is 5.57. The molecule has 0 aliphatic rings. The number of hydrogen-bond acceptors (Lipinski definition) is 2. The lowest BCUT2D eigenvalue weighted by atomic mass is 10.2. The molecule has 2 rings (SSSR count). The van der Waals surface area contributed by atoms with Crippen LogP contribution in [0.1, 0.15) is 5.56 Å². The highest BCUT2D eigenvalue weighted by molar-refractivity contribution is 5.67. The largest absolute Gasteiger partial charge is 0.397 e. The molecule has 2 aromatic rings. The Kier molecular flexibility index (Phi) is 3.46. The van der Waals surface area contributed by atoms with E-state index in [0.29, 0.717) is 17.9 Å². The predicted octanol–water partition coefficient (Wildman–Crippen LogP) is 3.18. The smallest absolute Gasteiger partial charge is 0.125 e. The minimum absolute atomic E-state index is 0.272. The number of benzene rings is 2. The summed E-state index contributed by atoms with van der Waals surface area (Å²) < 4.78 is 25.9. The number of nitrogens with zero attached hydrogens (tertiary/aromatic N) is 1. The quantitative estimate of drug-likeness (QED) is 0.845. The summed E-state index contributed by atoms with van der Waals surface area (Å²) in [4.78, 5) is 1.83. The second-order valence-corrected chi connectivity index (χ2v) is 4.19. The summed E-state index contributed by atoms with van der Waals surface area (Å²) in [6.07, 6.45) is 0. The summed E-state index contributed by atoms with van der Waals surface area (Å²) in [5.74, 6) is -0.600. The average molecular weight is 248 g/mol. The van der Waals surface area contributed by atoms with E-state index >= 15 is 0 Å². The lowest BCUT2D eigenvalue weighted by Gasteiger charge is -2.21. The van der Waals surface area contributed by atoms with Crippen LogP contribution in [0.2, 0.25) is 0 Å². The maximum absolute atomic E-state index is 13.2. The van der Waals surface area contributed by atoms with E-state index in [2.05, 4.69) is 0 Å². The van der Waals surface area contributed by atoms with Crippen molar-refractivity contribution in [1.29, 1.82) is 0 Å². The first-order chi connectivity index (χ1) is 8.56. The average Bonchev–Trinajstić information content (AvgIpc) is 2.35. The SMILES string of the molecule is CN(Cc1ccc(F)cc1)c1cc(F)ccc1N. The summed E-state index contributed by atoms with van der Waals surface area (Å²) in [5, 5.41) is 0. The third kappa shape index (κ3) is 2.77. The molecule has 18 heavy (non-hydrogen) atoms. The summed E-state index contributed by atoms with van der Waals surface area (Å²) in [6, 6.07) is 10.4. The van der Waals surface area contributed by atoms with Crippen LogP contribution >= 0.6 is 0 Å². The van der Waals surface area contributed by atoms with Crippen molar-refractivity contribution in [3.8, 4) is 0 Å². The molecule has 0 heterocycles. The highest BCUT2D eigenvalue weighted by atomic mass is 19.1. The Hall–Kier alpha value is -2.10. The second-order valence-electron chi connectivity index (χ2n) is 4.19. The summed E-state index contributed by atoms with van der Waals surface area (Å²) in [6.45, 7) is 0.536. The van der Waals surface area contributed by atoms with Gasteiger partial charge in [-0.1, -0.05) is 12.1 Å².